The summed E-state index contributed by atoms with van der Waals surface area (Å²) in [5.74, 6) is 1.36. The van der Waals surface area contributed by atoms with Crippen LogP contribution in [-0.4, -0.2) is 35.6 Å². The van der Waals surface area contributed by atoms with Gasteiger partial charge in [0, 0.05) is 12.8 Å². The number of hydrogen-bond acceptors (Lipinski definition) is 5. The quantitative estimate of drug-likeness (QED) is 0.855. The number of carbonyl (C=O) groups is 1. The molecule has 108 valence electrons. The third-order valence-corrected chi connectivity index (χ3v) is 2.68. The van der Waals surface area contributed by atoms with E-state index >= 15 is 0 Å². The lowest BCUT2D eigenvalue weighted by Crippen LogP contribution is -2.25. The van der Waals surface area contributed by atoms with Gasteiger partial charge in [-0.15, -0.1) is 5.10 Å². The molecule has 0 N–H and O–H groups in total. The van der Waals surface area contributed by atoms with Crippen molar-refractivity contribution in [2.45, 2.75) is 47.0 Å². The molecule has 0 spiro atoms. The Morgan fingerprint density at radius 3 is 2.65 bits per heavy atom. The van der Waals surface area contributed by atoms with Crippen molar-refractivity contribution in [3.05, 3.63) is 24.3 Å². The van der Waals surface area contributed by atoms with E-state index in [4.69, 9.17) is 0 Å². The van der Waals surface area contributed by atoms with Crippen LogP contribution in [0.4, 0.5) is 4.79 Å². The third-order valence-electron chi connectivity index (χ3n) is 2.68. The minimum Gasteiger partial charge on any atom is -0.243 e. The van der Waals surface area contributed by atoms with Gasteiger partial charge in [-0.3, -0.25) is 0 Å². The van der Waals surface area contributed by atoms with Gasteiger partial charge in [0.15, 0.2) is 5.82 Å². The zero-order valence-electron chi connectivity index (χ0n) is 12.4. The molecule has 7 nitrogen and oxygen atoms in total. The van der Waals surface area contributed by atoms with Crippen molar-refractivity contribution in [1.82, 2.24) is 29.5 Å². The Kier molecular flexibility index (Phi) is 3.96. The van der Waals surface area contributed by atoms with Gasteiger partial charge in [-0.1, -0.05) is 27.7 Å². The summed E-state index contributed by atoms with van der Waals surface area (Å²) >= 11 is 0. The first kappa shape index (κ1) is 14.4. The number of carbonyl (C=O) groups excluding carboxylic acids is 1. The predicted octanol–water partition coefficient (Wildman–Crippen LogP) is 1.93. The smallest absolute Gasteiger partial charge is 0.243 e. The minimum atomic E-state index is -0.350. The number of rotatable bonds is 3. The summed E-state index contributed by atoms with van der Waals surface area (Å²) in [6.45, 7) is 8.37. The second-order valence-corrected chi connectivity index (χ2v) is 5.97. The maximum Gasteiger partial charge on any atom is 0.372 e. The fraction of sp³-hybridized carbons (Fsp3) is 0.615. The fourth-order valence-electron chi connectivity index (χ4n) is 1.87. The average molecular weight is 276 g/mol. The highest BCUT2D eigenvalue weighted by Crippen LogP contribution is 2.19. The van der Waals surface area contributed by atoms with Crippen LogP contribution >= 0.6 is 0 Å². The van der Waals surface area contributed by atoms with Crippen LogP contribution in [0.15, 0.2) is 12.7 Å². The maximum atomic E-state index is 12.4. The molecule has 2 aromatic heterocycles. The molecule has 20 heavy (non-hydrogen) atoms. The number of nitrogens with zero attached hydrogens (tertiary/aromatic N) is 6. The van der Waals surface area contributed by atoms with Crippen molar-refractivity contribution < 1.29 is 4.79 Å². The molecule has 2 aromatic rings. The second-order valence-electron chi connectivity index (χ2n) is 5.97. The first-order chi connectivity index (χ1) is 9.40. The van der Waals surface area contributed by atoms with Gasteiger partial charge in [-0.2, -0.15) is 14.5 Å². The Bertz CT molecular complexity index is 579. The van der Waals surface area contributed by atoms with Crippen molar-refractivity contribution in [2.75, 3.05) is 0 Å². The van der Waals surface area contributed by atoms with Gasteiger partial charge >= 0.3 is 6.03 Å². The van der Waals surface area contributed by atoms with Crippen LogP contribution in [0.2, 0.25) is 0 Å². The summed E-state index contributed by atoms with van der Waals surface area (Å²) in [4.78, 5) is 20.6. The molecule has 0 amide bonds. The van der Waals surface area contributed by atoms with Crippen LogP contribution in [0.1, 0.15) is 45.8 Å². The SMILES string of the molecule is CCCc1nc(CC(C)(C)C)n(C(=O)n2cncn2)n1. The average Bonchev–Trinajstić information content (AvgIpc) is 2.96. The van der Waals surface area contributed by atoms with Gasteiger partial charge in [0.25, 0.3) is 0 Å². The number of hydrogen-bond donors (Lipinski definition) is 0. The minimum absolute atomic E-state index is 0.0247. The molecule has 0 bridgehead atoms. The largest absolute Gasteiger partial charge is 0.372 e. The summed E-state index contributed by atoms with van der Waals surface area (Å²) in [6.07, 6.45) is 5.06. The van der Waals surface area contributed by atoms with Gasteiger partial charge in [0.05, 0.1) is 0 Å². The Morgan fingerprint density at radius 1 is 1.35 bits per heavy atom. The van der Waals surface area contributed by atoms with Gasteiger partial charge in [0.1, 0.15) is 18.5 Å². The molecule has 0 saturated carbocycles. The summed E-state index contributed by atoms with van der Waals surface area (Å²) in [7, 11) is 0. The van der Waals surface area contributed by atoms with Crippen LogP contribution in [0.5, 0.6) is 0 Å². The summed E-state index contributed by atoms with van der Waals surface area (Å²) in [5.41, 5.74) is 0.0247. The van der Waals surface area contributed by atoms with E-state index in [1.54, 1.807) is 0 Å². The molecule has 0 aromatic carbocycles. The highest BCUT2D eigenvalue weighted by molar-refractivity contribution is 5.77. The van der Waals surface area contributed by atoms with Crippen LogP contribution in [0.25, 0.3) is 0 Å². The molecule has 0 unspecified atom stereocenters. The molecule has 2 rings (SSSR count). The van der Waals surface area contributed by atoms with Gasteiger partial charge in [-0.25, -0.2) is 14.8 Å². The lowest BCUT2D eigenvalue weighted by Gasteiger charge is -2.16. The molecule has 0 atom stereocenters. The van der Waals surface area contributed by atoms with Crippen molar-refractivity contribution in [2.24, 2.45) is 5.41 Å². The van der Waals surface area contributed by atoms with Crippen LogP contribution in [-0.2, 0) is 12.8 Å². The lowest BCUT2D eigenvalue weighted by atomic mass is 9.92. The summed E-state index contributed by atoms with van der Waals surface area (Å²) in [6, 6.07) is -0.350. The van der Waals surface area contributed by atoms with Crippen molar-refractivity contribution in [3.63, 3.8) is 0 Å². The van der Waals surface area contributed by atoms with Crippen molar-refractivity contribution in [1.29, 1.82) is 0 Å². The highest BCUT2D eigenvalue weighted by Gasteiger charge is 2.22. The van der Waals surface area contributed by atoms with E-state index in [0.29, 0.717) is 18.1 Å². The molecule has 7 heteroatoms. The van der Waals surface area contributed by atoms with E-state index < -0.39 is 0 Å². The van der Waals surface area contributed by atoms with Gasteiger partial charge in [0.2, 0.25) is 0 Å². The van der Waals surface area contributed by atoms with E-state index in [2.05, 4.69) is 47.9 Å². The summed E-state index contributed by atoms with van der Waals surface area (Å²) < 4.78 is 2.50. The standard InChI is InChI=1S/C13H20N6O/c1-5-6-10-16-11(7-13(2,3)4)19(17-10)12(20)18-9-14-8-15-18/h8-9H,5-7H2,1-4H3. The van der Waals surface area contributed by atoms with Crippen LogP contribution in [0.3, 0.4) is 0 Å². The number of aromatic nitrogens is 6. The Labute approximate surface area is 118 Å². The number of aryl methyl sites for hydroxylation is 1. The molecule has 0 aliphatic heterocycles. The van der Waals surface area contributed by atoms with E-state index in [1.165, 1.54) is 17.3 Å². The maximum absolute atomic E-state index is 12.4. The van der Waals surface area contributed by atoms with E-state index in [1.807, 2.05) is 0 Å². The molecule has 0 fully saturated rings. The molecule has 0 aliphatic rings. The van der Waals surface area contributed by atoms with Crippen molar-refractivity contribution >= 4 is 6.03 Å². The highest BCUT2D eigenvalue weighted by atomic mass is 16.2. The molecule has 0 radical (unpaired) electrons. The van der Waals surface area contributed by atoms with Gasteiger partial charge < -0.3 is 0 Å². The Hall–Kier alpha value is -2.05. The van der Waals surface area contributed by atoms with E-state index in [9.17, 15) is 4.79 Å². The molecule has 2 heterocycles. The third kappa shape index (κ3) is 3.28. The lowest BCUT2D eigenvalue weighted by molar-refractivity contribution is 0.236. The molecule has 0 aliphatic carbocycles. The zero-order chi connectivity index (χ0) is 14.8. The topological polar surface area (TPSA) is 78.5 Å². The monoisotopic (exact) mass is 276 g/mol. The van der Waals surface area contributed by atoms with Crippen LogP contribution < -0.4 is 0 Å². The van der Waals surface area contributed by atoms with Crippen LogP contribution in [0, 0.1) is 5.41 Å². The second kappa shape index (κ2) is 5.52. The Morgan fingerprint density at radius 2 is 2.10 bits per heavy atom. The normalized spacial score (nSPS) is 11.8. The molecular formula is C13H20N6O. The fourth-order valence-corrected chi connectivity index (χ4v) is 1.87. The molecular weight excluding hydrogens is 256 g/mol. The van der Waals surface area contributed by atoms with Gasteiger partial charge in [-0.05, 0) is 11.8 Å². The Balaban J connectivity index is 2.36. The van der Waals surface area contributed by atoms with E-state index in [0.717, 1.165) is 17.5 Å². The first-order valence-electron chi connectivity index (χ1n) is 6.75. The van der Waals surface area contributed by atoms with Crippen molar-refractivity contribution in [3.8, 4) is 0 Å². The zero-order valence-corrected chi connectivity index (χ0v) is 12.4. The predicted molar refractivity (Wildman–Crippen MR) is 73.4 cm³/mol. The first-order valence-corrected chi connectivity index (χ1v) is 6.75. The van der Waals surface area contributed by atoms with E-state index in [-0.39, 0.29) is 11.4 Å². The molecule has 0 saturated heterocycles. The summed E-state index contributed by atoms with van der Waals surface area (Å²) in [5, 5.41) is 8.16.